The zero-order valence-electron chi connectivity index (χ0n) is 12.6. The molecule has 3 rings (SSSR count). The molecule has 0 aliphatic rings. The van der Waals surface area contributed by atoms with Crippen molar-refractivity contribution in [3.63, 3.8) is 0 Å². The van der Waals surface area contributed by atoms with Gasteiger partial charge in [-0.1, -0.05) is 18.2 Å². The van der Waals surface area contributed by atoms with Crippen LogP contribution in [-0.2, 0) is 6.42 Å². The second kappa shape index (κ2) is 6.80. The van der Waals surface area contributed by atoms with Crippen molar-refractivity contribution in [2.45, 2.75) is 6.42 Å². The maximum Gasteiger partial charge on any atom is 0.270 e. The van der Waals surface area contributed by atoms with E-state index in [4.69, 9.17) is 5.73 Å². The molecule has 1 heterocycles. The van der Waals surface area contributed by atoms with Gasteiger partial charge in [-0.25, -0.2) is 0 Å². The van der Waals surface area contributed by atoms with E-state index in [1.165, 1.54) is 12.1 Å². The van der Waals surface area contributed by atoms with Crippen LogP contribution in [0.4, 0.5) is 11.4 Å². The van der Waals surface area contributed by atoms with Crippen LogP contribution in [0.15, 0.2) is 65.3 Å². The lowest BCUT2D eigenvalue weighted by molar-refractivity contribution is -0.384. The van der Waals surface area contributed by atoms with Gasteiger partial charge in [0.25, 0.3) is 5.69 Å². The topological polar surface area (TPSA) is 82.0 Å². The molecule has 0 aliphatic carbocycles. The van der Waals surface area contributed by atoms with Crippen molar-refractivity contribution >= 4 is 27.3 Å². The zero-order chi connectivity index (χ0) is 17.1. The number of rotatable bonds is 4. The summed E-state index contributed by atoms with van der Waals surface area (Å²) >= 11 is 3.43. The molecule has 0 saturated carbocycles. The molecule has 1 aromatic heterocycles. The average molecular weight is 384 g/mol. The second-order valence-electron chi connectivity index (χ2n) is 5.39. The third kappa shape index (κ3) is 3.60. The number of nitrogens with zero attached hydrogens (tertiary/aromatic N) is 2. The van der Waals surface area contributed by atoms with Crippen LogP contribution in [0, 0.1) is 10.1 Å². The van der Waals surface area contributed by atoms with Crippen molar-refractivity contribution in [1.29, 1.82) is 0 Å². The summed E-state index contributed by atoms with van der Waals surface area (Å²) in [7, 11) is 0. The molecule has 0 amide bonds. The summed E-state index contributed by atoms with van der Waals surface area (Å²) in [6, 6.07) is 16.2. The van der Waals surface area contributed by atoms with Gasteiger partial charge in [0, 0.05) is 34.1 Å². The summed E-state index contributed by atoms with van der Waals surface area (Å²) in [5.74, 6) is 0. The monoisotopic (exact) mass is 383 g/mol. The van der Waals surface area contributed by atoms with Gasteiger partial charge in [-0.3, -0.25) is 15.1 Å². The summed E-state index contributed by atoms with van der Waals surface area (Å²) < 4.78 is 0.868. The van der Waals surface area contributed by atoms with Crippen LogP contribution in [0.2, 0.25) is 0 Å². The Morgan fingerprint density at radius 3 is 2.62 bits per heavy atom. The van der Waals surface area contributed by atoms with Gasteiger partial charge in [0.05, 0.1) is 10.6 Å². The third-order valence-electron chi connectivity index (χ3n) is 3.65. The van der Waals surface area contributed by atoms with Crippen LogP contribution >= 0.6 is 15.9 Å². The first-order valence-electron chi connectivity index (χ1n) is 7.26. The highest BCUT2D eigenvalue weighted by atomic mass is 79.9. The molecule has 2 N–H and O–H groups in total. The fourth-order valence-electron chi connectivity index (χ4n) is 2.44. The third-order valence-corrected chi connectivity index (χ3v) is 4.34. The molecule has 0 radical (unpaired) electrons. The van der Waals surface area contributed by atoms with Gasteiger partial charge in [-0.15, -0.1) is 0 Å². The number of nitrogens with two attached hydrogens (primary N) is 1. The van der Waals surface area contributed by atoms with Crippen molar-refractivity contribution in [2.75, 3.05) is 5.73 Å². The molecule has 0 aliphatic heterocycles. The van der Waals surface area contributed by atoms with Crippen molar-refractivity contribution in [2.24, 2.45) is 0 Å². The lowest BCUT2D eigenvalue weighted by atomic mass is 10.0. The minimum absolute atomic E-state index is 0.0576. The van der Waals surface area contributed by atoms with Gasteiger partial charge >= 0.3 is 0 Å². The minimum Gasteiger partial charge on any atom is -0.398 e. The molecule has 0 unspecified atom stereocenters. The molecule has 2 aromatic carbocycles. The highest BCUT2D eigenvalue weighted by Gasteiger charge is 2.09. The molecule has 0 spiro atoms. The van der Waals surface area contributed by atoms with E-state index in [-0.39, 0.29) is 5.69 Å². The molecule has 0 saturated heterocycles. The van der Waals surface area contributed by atoms with E-state index in [1.807, 2.05) is 36.4 Å². The molecule has 120 valence electrons. The van der Waals surface area contributed by atoms with Gasteiger partial charge in [0.15, 0.2) is 0 Å². The number of pyridine rings is 1. The first kappa shape index (κ1) is 16.1. The summed E-state index contributed by atoms with van der Waals surface area (Å²) in [4.78, 5) is 14.9. The van der Waals surface area contributed by atoms with Crippen molar-refractivity contribution in [3.8, 4) is 11.3 Å². The Bertz CT molecular complexity index is 912. The Morgan fingerprint density at radius 1 is 1.08 bits per heavy atom. The lowest BCUT2D eigenvalue weighted by Gasteiger charge is -2.07. The number of aromatic nitrogens is 1. The van der Waals surface area contributed by atoms with E-state index in [9.17, 15) is 10.1 Å². The lowest BCUT2D eigenvalue weighted by Crippen LogP contribution is -1.94. The SMILES string of the molecule is Nc1ccc(Cc2ccnc(-c3cccc([N+](=O)[O-])c3)c2)cc1Br. The fourth-order valence-corrected chi connectivity index (χ4v) is 2.86. The number of benzene rings is 2. The largest absolute Gasteiger partial charge is 0.398 e. The van der Waals surface area contributed by atoms with E-state index in [0.717, 1.165) is 27.6 Å². The number of hydrogen-bond donors (Lipinski definition) is 1. The Labute approximate surface area is 147 Å². The highest BCUT2D eigenvalue weighted by Crippen LogP contribution is 2.25. The summed E-state index contributed by atoms with van der Waals surface area (Å²) in [6.45, 7) is 0. The molecule has 5 nitrogen and oxygen atoms in total. The molecular weight excluding hydrogens is 370 g/mol. The predicted octanol–water partition coefficient (Wildman–Crippen LogP) is 4.59. The zero-order valence-corrected chi connectivity index (χ0v) is 14.2. The normalized spacial score (nSPS) is 10.5. The number of hydrogen-bond acceptors (Lipinski definition) is 4. The first-order chi connectivity index (χ1) is 11.5. The smallest absolute Gasteiger partial charge is 0.270 e. The van der Waals surface area contributed by atoms with E-state index >= 15 is 0 Å². The van der Waals surface area contributed by atoms with Crippen molar-refractivity contribution < 1.29 is 4.92 Å². The van der Waals surface area contributed by atoms with Crippen molar-refractivity contribution in [3.05, 3.63) is 86.5 Å². The van der Waals surface area contributed by atoms with Crippen LogP contribution in [0.5, 0.6) is 0 Å². The Balaban J connectivity index is 1.90. The summed E-state index contributed by atoms with van der Waals surface area (Å²) in [5, 5.41) is 10.9. The number of nitro groups is 1. The number of non-ortho nitro benzene ring substituents is 1. The van der Waals surface area contributed by atoms with Gasteiger partial charge < -0.3 is 5.73 Å². The maximum absolute atomic E-state index is 10.9. The molecule has 0 atom stereocenters. The summed E-state index contributed by atoms with van der Waals surface area (Å²) in [6.07, 6.45) is 2.44. The molecular formula is C18H14BrN3O2. The van der Waals surface area contributed by atoms with Crippen LogP contribution in [0.25, 0.3) is 11.3 Å². The highest BCUT2D eigenvalue weighted by molar-refractivity contribution is 9.10. The second-order valence-corrected chi connectivity index (χ2v) is 6.24. The van der Waals surface area contributed by atoms with E-state index in [2.05, 4.69) is 20.9 Å². The Kier molecular flexibility index (Phi) is 4.57. The molecule has 3 aromatic rings. The average Bonchev–Trinajstić information content (AvgIpc) is 2.58. The maximum atomic E-state index is 10.9. The molecule has 0 fully saturated rings. The van der Waals surface area contributed by atoms with E-state index < -0.39 is 4.92 Å². The van der Waals surface area contributed by atoms with E-state index in [0.29, 0.717) is 11.4 Å². The number of nitrogen functional groups attached to an aromatic ring is 1. The van der Waals surface area contributed by atoms with Crippen LogP contribution in [0.3, 0.4) is 0 Å². The molecule has 24 heavy (non-hydrogen) atoms. The Morgan fingerprint density at radius 2 is 1.88 bits per heavy atom. The van der Waals surface area contributed by atoms with Crippen LogP contribution in [-0.4, -0.2) is 9.91 Å². The number of nitro benzene ring substituents is 1. The molecule has 6 heteroatoms. The van der Waals surface area contributed by atoms with Gasteiger partial charge in [-0.05, 0) is 57.7 Å². The quantitative estimate of drug-likeness (QED) is 0.405. The van der Waals surface area contributed by atoms with Gasteiger partial charge in [0.1, 0.15) is 0 Å². The first-order valence-corrected chi connectivity index (χ1v) is 8.06. The van der Waals surface area contributed by atoms with Crippen LogP contribution < -0.4 is 5.73 Å². The summed E-state index contributed by atoms with van der Waals surface area (Å²) in [5.41, 5.74) is 10.2. The standard InChI is InChI=1S/C18H14BrN3O2/c19-16-9-12(4-5-17(16)20)8-13-6-7-21-18(10-13)14-2-1-3-15(11-14)22(23)24/h1-7,9-11H,8,20H2. The van der Waals surface area contributed by atoms with Crippen molar-refractivity contribution in [1.82, 2.24) is 4.98 Å². The molecule has 0 bridgehead atoms. The van der Waals surface area contributed by atoms with E-state index in [1.54, 1.807) is 12.3 Å². The van der Waals surface area contributed by atoms with Crippen LogP contribution in [0.1, 0.15) is 11.1 Å². The number of halogens is 1. The van der Waals surface area contributed by atoms with Gasteiger partial charge in [-0.2, -0.15) is 0 Å². The minimum atomic E-state index is -0.404. The fraction of sp³-hybridized carbons (Fsp3) is 0.0556. The number of anilines is 1. The Hall–Kier alpha value is -2.73. The predicted molar refractivity (Wildman–Crippen MR) is 97.7 cm³/mol. The van der Waals surface area contributed by atoms with Gasteiger partial charge in [0.2, 0.25) is 0 Å².